The van der Waals surface area contributed by atoms with Gasteiger partial charge in [-0.2, -0.15) is 5.26 Å². The number of likely N-dealkylation sites (N-methyl/N-ethyl adjacent to an activating group) is 1. The molecule has 0 bridgehead atoms. The van der Waals surface area contributed by atoms with Crippen molar-refractivity contribution in [3.63, 3.8) is 0 Å². The van der Waals surface area contributed by atoms with Gasteiger partial charge in [0.05, 0.1) is 11.6 Å². The molecule has 0 aromatic heterocycles. The molecule has 1 aliphatic rings. The predicted octanol–water partition coefficient (Wildman–Crippen LogP) is 3.48. The Labute approximate surface area is 122 Å². The Morgan fingerprint density at radius 2 is 2.05 bits per heavy atom. The smallest absolute Gasteiger partial charge is 0.0991 e. The number of hydrogen-bond donors (Lipinski definition) is 1. The van der Waals surface area contributed by atoms with E-state index in [1.807, 2.05) is 24.3 Å². The molecule has 3 heteroatoms. The molecule has 1 aliphatic carbocycles. The van der Waals surface area contributed by atoms with Gasteiger partial charge in [-0.05, 0) is 57.1 Å². The number of rotatable bonds is 4. The van der Waals surface area contributed by atoms with Crippen LogP contribution in [0.15, 0.2) is 24.3 Å². The minimum Gasteiger partial charge on any atom is -0.383 e. The quantitative estimate of drug-likeness (QED) is 0.911. The van der Waals surface area contributed by atoms with E-state index < -0.39 is 0 Å². The molecule has 0 radical (unpaired) electrons. The van der Waals surface area contributed by atoms with Gasteiger partial charge in [-0.3, -0.25) is 0 Å². The highest BCUT2D eigenvalue weighted by molar-refractivity contribution is 5.47. The van der Waals surface area contributed by atoms with E-state index in [1.54, 1.807) is 0 Å². The zero-order valence-corrected chi connectivity index (χ0v) is 12.8. The first-order valence-corrected chi connectivity index (χ1v) is 7.47. The third kappa shape index (κ3) is 3.32. The van der Waals surface area contributed by atoms with Gasteiger partial charge >= 0.3 is 0 Å². The van der Waals surface area contributed by atoms with Crippen molar-refractivity contribution in [1.29, 1.82) is 5.26 Å². The molecule has 2 rings (SSSR count). The zero-order chi connectivity index (χ0) is 14.6. The highest BCUT2D eigenvalue weighted by atomic mass is 15.2. The maximum Gasteiger partial charge on any atom is 0.0991 e. The fourth-order valence-electron chi connectivity index (χ4n) is 3.29. The second-order valence-corrected chi connectivity index (χ2v) is 6.36. The van der Waals surface area contributed by atoms with Crippen molar-refractivity contribution in [2.75, 3.05) is 26.0 Å². The summed E-state index contributed by atoms with van der Waals surface area (Å²) in [6.45, 7) is 3.33. The minimum absolute atomic E-state index is 0.256. The van der Waals surface area contributed by atoms with Crippen molar-refractivity contribution < 1.29 is 0 Å². The average Bonchev–Trinajstić information content (AvgIpc) is 2.45. The van der Waals surface area contributed by atoms with Crippen LogP contribution in [0.3, 0.4) is 0 Å². The molecular weight excluding hydrogens is 246 g/mol. The van der Waals surface area contributed by atoms with Crippen molar-refractivity contribution in [3.8, 4) is 6.07 Å². The Morgan fingerprint density at radius 1 is 1.35 bits per heavy atom. The Bertz CT molecular complexity index is 472. The van der Waals surface area contributed by atoms with Crippen LogP contribution >= 0.6 is 0 Å². The summed E-state index contributed by atoms with van der Waals surface area (Å²) in [6.07, 6.45) is 5.18. The maximum absolute atomic E-state index is 8.83. The Kier molecular flexibility index (Phi) is 4.67. The summed E-state index contributed by atoms with van der Waals surface area (Å²) >= 11 is 0. The molecule has 2 unspecified atom stereocenters. The van der Waals surface area contributed by atoms with E-state index in [9.17, 15) is 0 Å². The molecule has 1 N–H and O–H groups in total. The van der Waals surface area contributed by atoms with Crippen LogP contribution in [-0.4, -0.2) is 31.1 Å². The van der Waals surface area contributed by atoms with Crippen molar-refractivity contribution in [1.82, 2.24) is 4.90 Å². The van der Waals surface area contributed by atoms with Crippen LogP contribution < -0.4 is 5.32 Å². The van der Waals surface area contributed by atoms with Gasteiger partial charge in [-0.15, -0.1) is 0 Å². The second-order valence-electron chi connectivity index (χ2n) is 6.36. The topological polar surface area (TPSA) is 39.1 Å². The van der Waals surface area contributed by atoms with Crippen LogP contribution in [0.5, 0.6) is 0 Å². The summed E-state index contributed by atoms with van der Waals surface area (Å²) in [5.74, 6) is 0.800. The van der Waals surface area contributed by atoms with E-state index in [1.165, 1.54) is 25.7 Å². The lowest BCUT2D eigenvalue weighted by molar-refractivity contribution is 0.0882. The molecule has 108 valence electrons. The number of nitrogens with zero attached hydrogens (tertiary/aromatic N) is 2. The van der Waals surface area contributed by atoms with Crippen LogP contribution in [0.2, 0.25) is 0 Å². The molecule has 0 saturated heterocycles. The van der Waals surface area contributed by atoms with Gasteiger partial charge < -0.3 is 10.2 Å². The summed E-state index contributed by atoms with van der Waals surface area (Å²) < 4.78 is 0. The number of benzene rings is 1. The predicted molar refractivity (Wildman–Crippen MR) is 83.7 cm³/mol. The number of nitriles is 1. The van der Waals surface area contributed by atoms with Crippen LogP contribution in [0.4, 0.5) is 5.69 Å². The Hall–Kier alpha value is -1.53. The lowest BCUT2D eigenvalue weighted by Gasteiger charge is -2.45. The normalized spacial score (nSPS) is 26.2. The fraction of sp³-hybridized carbons (Fsp3) is 0.588. The molecule has 1 saturated carbocycles. The Morgan fingerprint density at radius 3 is 2.60 bits per heavy atom. The van der Waals surface area contributed by atoms with E-state index in [0.717, 1.165) is 18.2 Å². The molecule has 0 spiro atoms. The summed E-state index contributed by atoms with van der Waals surface area (Å²) in [4.78, 5) is 2.39. The highest BCUT2D eigenvalue weighted by Gasteiger charge is 2.36. The molecule has 0 heterocycles. The summed E-state index contributed by atoms with van der Waals surface area (Å²) in [6, 6.07) is 9.88. The van der Waals surface area contributed by atoms with Crippen LogP contribution in [0.25, 0.3) is 0 Å². The molecule has 1 aromatic carbocycles. The van der Waals surface area contributed by atoms with Crippen LogP contribution in [-0.2, 0) is 0 Å². The van der Waals surface area contributed by atoms with E-state index in [2.05, 4.69) is 37.3 Å². The summed E-state index contributed by atoms with van der Waals surface area (Å²) in [7, 11) is 4.39. The van der Waals surface area contributed by atoms with Gasteiger partial charge in [0.2, 0.25) is 0 Å². The van der Waals surface area contributed by atoms with Crippen molar-refractivity contribution in [3.05, 3.63) is 29.8 Å². The lowest BCUT2D eigenvalue weighted by Crippen LogP contribution is -2.52. The van der Waals surface area contributed by atoms with E-state index in [-0.39, 0.29) is 5.54 Å². The number of hydrogen-bond acceptors (Lipinski definition) is 3. The van der Waals surface area contributed by atoms with Crippen molar-refractivity contribution in [2.24, 2.45) is 5.92 Å². The van der Waals surface area contributed by atoms with Gasteiger partial charge in [0.15, 0.2) is 0 Å². The molecule has 1 fully saturated rings. The van der Waals surface area contributed by atoms with Crippen LogP contribution in [0, 0.1) is 17.2 Å². The number of nitrogens with one attached hydrogen (secondary N) is 1. The van der Waals surface area contributed by atoms with Crippen molar-refractivity contribution >= 4 is 5.69 Å². The SMILES string of the molecule is CC1CCCC(CNc2ccc(C#N)cc2)(N(C)C)C1. The number of anilines is 1. The van der Waals surface area contributed by atoms with Gasteiger partial charge in [0, 0.05) is 17.8 Å². The lowest BCUT2D eigenvalue weighted by atomic mass is 9.75. The third-order valence-electron chi connectivity index (χ3n) is 4.65. The molecule has 1 aromatic rings. The molecule has 0 amide bonds. The fourth-order valence-corrected chi connectivity index (χ4v) is 3.29. The molecule has 0 aliphatic heterocycles. The second kappa shape index (κ2) is 6.28. The molecular formula is C17H25N3. The first-order valence-electron chi connectivity index (χ1n) is 7.47. The molecule has 2 atom stereocenters. The third-order valence-corrected chi connectivity index (χ3v) is 4.65. The standard InChI is InChI=1S/C17H25N3/c1-14-5-4-10-17(11-14,20(2)3)13-19-16-8-6-15(12-18)7-9-16/h6-9,14,19H,4-5,10-11,13H2,1-3H3. The minimum atomic E-state index is 0.256. The first kappa shape index (κ1) is 14.9. The van der Waals surface area contributed by atoms with E-state index in [0.29, 0.717) is 5.56 Å². The van der Waals surface area contributed by atoms with Gasteiger partial charge in [0.25, 0.3) is 0 Å². The largest absolute Gasteiger partial charge is 0.383 e. The zero-order valence-electron chi connectivity index (χ0n) is 12.8. The van der Waals surface area contributed by atoms with Crippen LogP contribution in [0.1, 0.15) is 38.2 Å². The van der Waals surface area contributed by atoms with Crippen molar-refractivity contribution in [2.45, 2.75) is 38.1 Å². The maximum atomic E-state index is 8.83. The monoisotopic (exact) mass is 271 g/mol. The molecule has 20 heavy (non-hydrogen) atoms. The van der Waals surface area contributed by atoms with Gasteiger partial charge in [-0.1, -0.05) is 19.8 Å². The first-order chi connectivity index (χ1) is 9.55. The molecule has 3 nitrogen and oxygen atoms in total. The van der Waals surface area contributed by atoms with E-state index in [4.69, 9.17) is 5.26 Å². The average molecular weight is 271 g/mol. The Balaban J connectivity index is 2.03. The van der Waals surface area contributed by atoms with Gasteiger partial charge in [-0.25, -0.2) is 0 Å². The summed E-state index contributed by atoms with van der Waals surface area (Å²) in [5, 5.41) is 12.4. The summed E-state index contributed by atoms with van der Waals surface area (Å²) in [5.41, 5.74) is 2.07. The highest BCUT2D eigenvalue weighted by Crippen LogP contribution is 2.35. The van der Waals surface area contributed by atoms with E-state index >= 15 is 0 Å². The van der Waals surface area contributed by atoms with Gasteiger partial charge in [0.1, 0.15) is 0 Å².